The third-order valence-corrected chi connectivity index (χ3v) is 11.2. The maximum atomic E-state index is 13.2. The Morgan fingerprint density at radius 3 is 2.25 bits per heavy atom. The van der Waals surface area contributed by atoms with Gasteiger partial charge in [0.1, 0.15) is 11.6 Å². The molecule has 182 valence electrons. The van der Waals surface area contributed by atoms with Crippen LogP contribution in [0.2, 0.25) is 18.1 Å². The average Bonchev–Trinajstić information content (AvgIpc) is 3.03. The zero-order valence-electron chi connectivity index (χ0n) is 21.1. The Hall–Kier alpha value is -1.25. The van der Waals surface area contributed by atoms with Crippen LogP contribution in [0.15, 0.2) is 30.3 Å². The molecule has 0 spiro atoms. The zero-order chi connectivity index (χ0) is 24.3. The molecule has 0 radical (unpaired) electrons. The molecule has 1 aliphatic heterocycles. The topological polar surface area (TPSA) is 79.2 Å². The van der Waals surface area contributed by atoms with E-state index in [9.17, 15) is 15.0 Å². The maximum absolute atomic E-state index is 13.2. The molecule has 4 atom stereocenters. The summed E-state index contributed by atoms with van der Waals surface area (Å²) in [4.78, 5) is 15.2. The maximum Gasteiger partial charge on any atom is 0.323 e. The van der Waals surface area contributed by atoms with Crippen molar-refractivity contribution in [3.63, 3.8) is 0 Å². The van der Waals surface area contributed by atoms with Crippen molar-refractivity contribution in [1.82, 2.24) is 4.90 Å². The summed E-state index contributed by atoms with van der Waals surface area (Å²) in [6.45, 7) is 17.1. The standard InChI is InChI=1S/C25H43NO5Si/c1-24(2,3)31-23(29)20-14-19(17-30-32(7,8)25(4,5)6)22(21(28)16-27)26(20)15-18-12-10-9-11-13-18/h9-13,19-22,27-28H,14-17H2,1-8H3/t19-,20+,21?,22+/m0/s1. The van der Waals surface area contributed by atoms with Crippen LogP contribution in [-0.4, -0.2) is 66.4 Å². The number of nitrogens with zero attached hydrogens (tertiary/aromatic N) is 1. The van der Waals surface area contributed by atoms with Crippen molar-refractivity contribution in [1.29, 1.82) is 0 Å². The molecule has 1 aromatic carbocycles. The van der Waals surface area contributed by atoms with E-state index in [1.54, 1.807) is 0 Å². The lowest BCUT2D eigenvalue weighted by molar-refractivity contribution is -0.161. The van der Waals surface area contributed by atoms with Crippen LogP contribution >= 0.6 is 0 Å². The lowest BCUT2D eigenvalue weighted by Gasteiger charge is -2.38. The summed E-state index contributed by atoms with van der Waals surface area (Å²) in [5, 5.41) is 20.7. The fourth-order valence-corrected chi connectivity index (χ4v) is 5.06. The van der Waals surface area contributed by atoms with Gasteiger partial charge in [-0.25, -0.2) is 0 Å². The number of benzene rings is 1. The monoisotopic (exact) mass is 465 g/mol. The van der Waals surface area contributed by atoms with E-state index in [1.807, 2.05) is 56.0 Å². The number of rotatable bonds is 8. The lowest BCUT2D eigenvalue weighted by atomic mass is 9.96. The number of ether oxygens (including phenoxy) is 1. The molecule has 2 rings (SSSR count). The molecule has 2 N–H and O–H groups in total. The Balaban J connectivity index is 2.35. The van der Waals surface area contributed by atoms with Gasteiger partial charge in [-0.1, -0.05) is 51.1 Å². The van der Waals surface area contributed by atoms with E-state index in [4.69, 9.17) is 9.16 Å². The summed E-state index contributed by atoms with van der Waals surface area (Å²) >= 11 is 0. The number of aliphatic hydroxyl groups is 2. The minimum Gasteiger partial charge on any atom is -0.459 e. The van der Waals surface area contributed by atoms with Gasteiger partial charge < -0.3 is 19.4 Å². The van der Waals surface area contributed by atoms with Crippen molar-refractivity contribution in [2.24, 2.45) is 5.92 Å². The minimum absolute atomic E-state index is 0.0605. The van der Waals surface area contributed by atoms with Crippen LogP contribution in [0.1, 0.15) is 53.5 Å². The minimum atomic E-state index is -2.01. The van der Waals surface area contributed by atoms with Crippen molar-refractivity contribution in [3.8, 4) is 0 Å². The number of carbonyl (C=O) groups excluding carboxylic acids is 1. The van der Waals surface area contributed by atoms with Gasteiger partial charge in [-0.3, -0.25) is 9.69 Å². The van der Waals surface area contributed by atoms with E-state index in [-0.39, 0.29) is 23.5 Å². The largest absolute Gasteiger partial charge is 0.459 e. The van der Waals surface area contributed by atoms with Gasteiger partial charge in [0.05, 0.1) is 12.7 Å². The summed E-state index contributed by atoms with van der Waals surface area (Å²) in [5.41, 5.74) is 0.443. The van der Waals surface area contributed by atoms with Crippen LogP contribution < -0.4 is 0 Å². The summed E-state index contributed by atoms with van der Waals surface area (Å²) in [6, 6.07) is 8.99. The van der Waals surface area contributed by atoms with E-state index < -0.39 is 32.1 Å². The summed E-state index contributed by atoms with van der Waals surface area (Å²) < 4.78 is 12.2. The van der Waals surface area contributed by atoms with E-state index in [0.29, 0.717) is 19.6 Å². The fourth-order valence-electron chi connectivity index (χ4n) is 3.99. The first kappa shape index (κ1) is 27.0. The molecule has 1 aliphatic rings. The van der Waals surface area contributed by atoms with Crippen molar-refractivity contribution in [3.05, 3.63) is 35.9 Å². The molecule has 0 aliphatic carbocycles. The van der Waals surface area contributed by atoms with Gasteiger partial charge in [-0.15, -0.1) is 0 Å². The zero-order valence-corrected chi connectivity index (χ0v) is 22.1. The second-order valence-electron chi connectivity index (χ2n) is 11.5. The molecule has 0 saturated carbocycles. The van der Waals surface area contributed by atoms with Gasteiger partial charge in [0, 0.05) is 25.1 Å². The Labute approximate surface area is 195 Å². The van der Waals surface area contributed by atoms with Gasteiger partial charge in [-0.05, 0) is 50.9 Å². The normalized spacial score (nSPS) is 23.9. The summed E-state index contributed by atoms with van der Waals surface area (Å²) in [6.07, 6.45) is -0.447. The number of likely N-dealkylation sites (tertiary alicyclic amines) is 1. The van der Waals surface area contributed by atoms with E-state index in [0.717, 1.165) is 5.56 Å². The number of hydrogen-bond acceptors (Lipinski definition) is 6. The molecule has 6 nitrogen and oxygen atoms in total. The average molecular weight is 466 g/mol. The highest BCUT2D eigenvalue weighted by molar-refractivity contribution is 6.74. The predicted octanol–water partition coefficient (Wildman–Crippen LogP) is 3.96. The highest BCUT2D eigenvalue weighted by Gasteiger charge is 2.49. The van der Waals surface area contributed by atoms with Crippen LogP contribution in [0.3, 0.4) is 0 Å². The third kappa shape index (κ3) is 6.87. The van der Waals surface area contributed by atoms with E-state index in [2.05, 4.69) is 33.9 Å². The Kier molecular flexibility index (Phi) is 8.73. The van der Waals surface area contributed by atoms with Crippen molar-refractivity contribution >= 4 is 14.3 Å². The molecular formula is C25H43NO5Si. The number of hydrogen-bond donors (Lipinski definition) is 2. The Morgan fingerprint density at radius 1 is 1.16 bits per heavy atom. The molecular weight excluding hydrogens is 422 g/mol. The molecule has 0 bridgehead atoms. The second kappa shape index (κ2) is 10.3. The fraction of sp³-hybridized carbons (Fsp3) is 0.720. The van der Waals surface area contributed by atoms with Crippen LogP contribution in [0, 0.1) is 5.92 Å². The Bertz CT molecular complexity index is 741. The molecule has 1 aromatic rings. The van der Waals surface area contributed by atoms with Gasteiger partial charge >= 0.3 is 5.97 Å². The van der Waals surface area contributed by atoms with Gasteiger partial charge in [0.15, 0.2) is 8.32 Å². The molecule has 0 aromatic heterocycles. The lowest BCUT2D eigenvalue weighted by Crippen LogP contribution is -2.50. The SMILES string of the molecule is CC(C)(C)OC(=O)[C@H]1C[C@@H](CO[Si](C)(C)C(C)(C)C)[C@H](C(O)CO)N1Cc1ccccc1. The first-order chi connectivity index (χ1) is 14.7. The summed E-state index contributed by atoms with van der Waals surface area (Å²) in [7, 11) is -2.01. The number of esters is 1. The van der Waals surface area contributed by atoms with Gasteiger partial charge in [0.2, 0.25) is 0 Å². The Morgan fingerprint density at radius 2 is 1.75 bits per heavy atom. The highest BCUT2D eigenvalue weighted by Crippen LogP contribution is 2.40. The molecule has 1 saturated heterocycles. The molecule has 1 unspecified atom stereocenters. The van der Waals surface area contributed by atoms with Crippen molar-refractivity contribution in [2.45, 2.75) is 96.4 Å². The first-order valence-corrected chi connectivity index (χ1v) is 14.5. The smallest absolute Gasteiger partial charge is 0.323 e. The van der Waals surface area contributed by atoms with Crippen molar-refractivity contribution < 1.29 is 24.2 Å². The molecule has 7 heteroatoms. The van der Waals surface area contributed by atoms with Crippen LogP contribution in [-0.2, 0) is 20.5 Å². The van der Waals surface area contributed by atoms with Crippen LogP contribution in [0.5, 0.6) is 0 Å². The van der Waals surface area contributed by atoms with Crippen LogP contribution in [0.4, 0.5) is 0 Å². The molecule has 1 heterocycles. The van der Waals surface area contributed by atoms with E-state index in [1.165, 1.54) is 0 Å². The van der Waals surface area contributed by atoms with Crippen molar-refractivity contribution in [2.75, 3.05) is 13.2 Å². The van der Waals surface area contributed by atoms with Crippen LogP contribution in [0.25, 0.3) is 0 Å². The van der Waals surface area contributed by atoms with E-state index >= 15 is 0 Å². The molecule has 0 amide bonds. The molecule has 32 heavy (non-hydrogen) atoms. The molecule has 1 fully saturated rings. The quantitative estimate of drug-likeness (QED) is 0.447. The predicted molar refractivity (Wildman–Crippen MR) is 130 cm³/mol. The number of carbonyl (C=O) groups is 1. The first-order valence-electron chi connectivity index (χ1n) is 11.6. The third-order valence-electron chi connectivity index (χ3n) is 6.72. The summed E-state index contributed by atoms with van der Waals surface area (Å²) in [5.74, 6) is -0.383. The number of aliphatic hydroxyl groups excluding tert-OH is 2. The second-order valence-corrected chi connectivity index (χ2v) is 16.3. The highest BCUT2D eigenvalue weighted by atomic mass is 28.4. The van der Waals surface area contributed by atoms with Gasteiger partial charge in [0.25, 0.3) is 0 Å². The van der Waals surface area contributed by atoms with Gasteiger partial charge in [-0.2, -0.15) is 0 Å².